The fraction of sp³-hybridized carbons (Fsp3) is 0.667. The summed E-state index contributed by atoms with van der Waals surface area (Å²) in [6.45, 7) is 2.23. The van der Waals surface area contributed by atoms with Crippen molar-refractivity contribution in [2.24, 2.45) is 5.73 Å². The van der Waals surface area contributed by atoms with Gasteiger partial charge in [0.15, 0.2) is 6.04 Å². The average Bonchev–Trinajstić information content (AvgIpc) is 2.69. The molecule has 0 aromatic rings. The largest absolute Gasteiger partial charge is 0.481 e. The number of hydrogen-bond acceptors (Lipinski definition) is 9. The van der Waals surface area contributed by atoms with E-state index in [1.165, 1.54) is 0 Å². The van der Waals surface area contributed by atoms with Crippen LogP contribution in [0, 0.1) is 0 Å². The fourth-order valence-electron chi connectivity index (χ4n) is 2.52. The Hall–Kier alpha value is -3.30. The van der Waals surface area contributed by atoms with Crippen LogP contribution < -0.4 is 21.7 Å². The maximum Gasteiger partial charge on any atom is 0.328 e. The van der Waals surface area contributed by atoms with Gasteiger partial charge in [0.25, 0.3) is 0 Å². The van der Waals surface area contributed by atoms with Gasteiger partial charge in [-0.25, -0.2) is 4.79 Å². The highest BCUT2D eigenvalue weighted by Gasteiger charge is 2.33. The molecule has 0 saturated heterocycles. The van der Waals surface area contributed by atoms with E-state index in [-0.39, 0.29) is 6.42 Å². The van der Waals surface area contributed by atoms with Crippen LogP contribution in [-0.4, -0.2) is 97.5 Å². The molecule has 0 saturated carbocycles. The Morgan fingerprint density at radius 3 is 1.58 bits per heavy atom. The third-order valence-electron chi connectivity index (χ3n) is 4.39. The van der Waals surface area contributed by atoms with Crippen molar-refractivity contribution in [1.29, 1.82) is 0 Å². The van der Waals surface area contributed by atoms with Gasteiger partial charge in [-0.05, 0) is 26.7 Å². The van der Waals surface area contributed by atoms with E-state index in [9.17, 15) is 39.0 Å². The number of carbonyl (C=O) groups excluding carboxylic acids is 3. The number of hydrogen-bond donors (Lipinski definition) is 9. The summed E-state index contributed by atoms with van der Waals surface area (Å²) in [5, 5.41) is 52.2. The molecule has 0 fully saturated rings. The summed E-state index contributed by atoms with van der Waals surface area (Å²) in [7, 11) is 0. The molecule has 0 heterocycles. The van der Waals surface area contributed by atoms with Crippen LogP contribution in [0.4, 0.5) is 0 Å². The van der Waals surface area contributed by atoms with Crippen LogP contribution in [0.25, 0.3) is 0 Å². The topological polar surface area (TPSA) is 266 Å². The van der Waals surface area contributed by atoms with Gasteiger partial charge < -0.3 is 47.2 Å². The lowest BCUT2D eigenvalue weighted by Gasteiger charge is -2.26. The van der Waals surface area contributed by atoms with Gasteiger partial charge >= 0.3 is 17.9 Å². The first-order valence-corrected chi connectivity index (χ1v) is 9.86. The quantitative estimate of drug-likeness (QED) is 0.110. The molecule has 188 valence electrons. The van der Waals surface area contributed by atoms with Gasteiger partial charge in [-0.1, -0.05) is 0 Å². The molecule has 33 heavy (non-hydrogen) atoms. The summed E-state index contributed by atoms with van der Waals surface area (Å²) >= 11 is 0. The van der Waals surface area contributed by atoms with E-state index in [4.69, 9.17) is 21.1 Å². The number of aliphatic hydroxyl groups is 2. The molecule has 0 radical (unpaired) electrons. The predicted molar refractivity (Wildman–Crippen MR) is 109 cm³/mol. The zero-order valence-electron chi connectivity index (χ0n) is 18.1. The van der Waals surface area contributed by atoms with E-state index in [0.29, 0.717) is 0 Å². The van der Waals surface area contributed by atoms with Crippen molar-refractivity contribution >= 4 is 35.6 Å². The molecule has 6 unspecified atom stereocenters. The van der Waals surface area contributed by atoms with Crippen molar-refractivity contribution in [2.45, 2.75) is 75.9 Å². The molecule has 15 heteroatoms. The second-order valence-electron chi connectivity index (χ2n) is 7.32. The van der Waals surface area contributed by atoms with Crippen molar-refractivity contribution in [3.63, 3.8) is 0 Å². The molecule has 0 rings (SSSR count). The van der Waals surface area contributed by atoms with Crippen molar-refractivity contribution in [3.05, 3.63) is 0 Å². The van der Waals surface area contributed by atoms with Crippen molar-refractivity contribution in [1.82, 2.24) is 16.0 Å². The number of aliphatic carboxylic acids is 3. The monoisotopic (exact) mass is 478 g/mol. The minimum absolute atomic E-state index is 0.255. The smallest absolute Gasteiger partial charge is 0.328 e. The number of rotatable bonds is 15. The van der Waals surface area contributed by atoms with Gasteiger partial charge in [-0.15, -0.1) is 0 Å². The Kier molecular flexibility index (Phi) is 12.6. The summed E-state index contributed by atoms with van der Waals surface area (Å²) in [6.07, 6.45) is -4.78. The molecule has 0 bridgehead atoms. The molecule has 6 atom stereocenters. The molecule has 0 spiro atoms. The fourth-order valence-corrected chi connectivity index (χ4v) is 2.52. The zero-order valence-corrected chi connectivity index (χ0v) is 18.1. The average molecular weight is 478 g/mol. The zero-order chi connectivity index (χ0) is 25.9. The van der Waals surface area contributed by atoms with E-state index in [2.05, 4.69) is 10.6 Å². The minimum atomic E-state index is -1.75. The van der Waals surface area contributed by atoms with Crippen LogP contribution in [-0.2, 0) is 28.8 Å². The van der Waals surface area contributed by atoms with E-state index >= 15 is 0 Å². The lowest BCUT2D eigenvalue weighted by atomic mass is 10.1. The third kappa shape index (κ3) is 11.2. The van der Waals surface area contributed by atoms with Crippen molar-refractivity contribution in [3.8, 4) is 0 Å². The molecule has 3 amide bonds. The van der Waals surface area contributed by atoms with Gasteiger partial charge in [0.1, 0.15) is 12.1 Å². The Labute approximate surface area is 188 Å². The summed E-state index contributed by atoms with van der Waals surface area (Å²) < 4.78 is 0. The normalized spacial score (nSPS) is 16.3. The molecule has 0 aromatic heterocycles. The second-order valence-corrected chi connectivity index (χ2v) is 7.32. The van der Waals surface area contributed by atoms with Gasteiger partial charge in [0.2, 0.25) is 17.7 Å². The highest BCUT2D eigenvalue weighted by molar-refractivity contribution is 5.94. The van der Waals surface area contributed by atoms with Crippen LogP contribution in [0.15, 0.2) is 0 Å². The Bertz CT molecular complexity index is 741. The SMILES string of the molecule is CC(O)C(NC(=O)C(CCC(=O)O)NC(=O)C(NC(=O)C(N)CCC(=O)O)C(C)O)C(=O)O. The van der Waals surface area contributed by atoms with Crippen LogP contribution in [0.5, 0.6) is 0 Å². The number of nitrogens with one attached hydrogen (secondary N) is 3. The predicted octanol–water partition coefficient (Wildman–Crippen LogP) is -3.66. The molecule has 0 aromatic carbocycles. The van der Waals surface area contributed by atoms with E-state index < -0.39 is 91.3 Å². The number of carboxylic acids is 3. The summed E-state index contributed by atoms with van der Waals surface area (Å²) in [5.74, 6) is -7.29. The molecule has 0 aliphatic carbocycles. The van der Waals surface area contributed by atoms with Crippen molar-refractivity contribution < 1.29 is 54.3 Å². The van der Waals surface area contributed by atoms with Crippen LogP contribution in [0.3, 0.4) is 0 Å². The summed E-state index contributed by atoms with van der Waals surface area (Å²) in [6, 6.07) is -6.31. The molecule has 0 aliphatic heterocycles. The number of carbonyl (C=O) groups is 6. The number of amides is 3. The highest BCUT2D eigenvalue weighted by atomic mass is 16.4. The summed E-state index contributed by atoms with van der Waals surface area (Å²) in [4.78, 5) is 69.9. The lowest BCUT2D eigenvalue weighted by Crippen LogP contribution is -2.60. The van der Waals surface area contributed by atoms with Gasteiger partial charge in [-0.2, -0.15) is 0 Å². The van der Waals surface area contributed by atoms with Gasteiger partial charge in [0, 0.05) is 12.8 Å². The molecule has 15 nitrogen and oxygen atoms in total. The number of carboxylic acid groups (broad SMARTS) is 3. The Balaban J connectivity index is 5.46. The van der Waals surface area contributed by atoms with E-state index in [1.807, 2.05) is 5.32 Å². The van der Waals surface area contributed by atoms with E-state index in [1.54, 1.807) is 0 Å². The molecular weight excluding hydrogens is 448 g/mol. The highest BCUT2D eigenvalue weighted by Crippen LogP contribution is 2.04. The Morgan fingerprint density at radius 1 is 0.697 bits per heavy atom. The first-order chi connectivity index (χ1) is 15.2. The first-order valence-electron chi connectivity index (χ1n) is 9.86. The maximum absolute atomic E-state index is 12.6. The van der Waals surface area contributed by atoms with Crippen molar-refractivity contribution in [2.75, 3.05) is 0 Å². The first kappa shape index (κ1) is 29.7. The second kappa shape index (κ2) is 14.0. The number of nitrogens with two attached hydrogens (primary N) is 1. The third-order valence-corrected chi connectivity index (χ3v) is 4.39. The molecule has 10 N–H and O–H groups in total. The maximum atomic E-state index is 12.6. The van der Waals surface area contributed by atoms with Gasteiger partial charge in [0.05, 0.1) is 18.2 Å². The number of aliphatic hydroxyl groups excluding tert-OH is 2. The van der Waals surface area contributed by atoms with Gasteiger partial charge in [-0.3, -0.25) is 24.0 Å². The molecular formula is C18H30N4O11. The lowest BCUT2D eigenvalue weighted by molar-refractivity contribution is -0.146. The van der Waals surface area contributed by atoms with Crippen LogP contribution in [0.1, 0.15) is 39.5 Å². The Morgan fingerprint density at radius 2 is 1.15 bits per heavy atom. The van der Waals surface area contributed by atoms with Crippen LogP contribution in [0.2, 0.25) is 0 Å². The molecule has 0 aliphatic rings. The minimum Gasteiger partial charge on any atom is -0.481 e. The summed E-state index contributed by atoms with van der Waals surface area (Å²) in [5.41, 5.74) is 5.56. The standard InChI is InChI=1S/C18H30N4O11/c1-7(23)13(21-15(29)9(19)3-5-11(25)26)17(31)20-10(4-6-12(27)28)16(30)22-14(8(2)24)18(32)33/h7-10,13-14,23-24H,3-6,19H2,1-2H3,(H,20,31)(H,21,29)(H,22,30)(H,25,26)(H,27,28)(H,32,33). The van der Waals surface area contributed by atoms with Crippen LogP contribution >= 0.6 is 0 Å². The van der Waals surface area contributed by atoms with E-state index in [0.717, 1.165) is 13.8 Å².